The fourth-order valence-corrected chi connectivity index (χ4v) is 2.97. The van der Waals surface area contributed by atoms with Gasteiger partial charge in [0.2, 0.25) is 0 Å². The second-order valence-electron chi connectivity index (χ2n) is 5.01. The molecule has 0 aliphatic heterocycles. The zero-order valence-electron chi connectivity index (χ0n) is 10.7. The minimum atomic E-state index is -0.361. The van der Waals surface area contributed by atoms with Crippen LogP contribution in [0.2, 0.25) is 0 Å². The number of nitrogens with zero attached hydrogens (tertiary/aromatic N) is 1. The molecule has 1 aliphatic rings. The number of aromatic amines is 1. The molecule has 1 fully saturated rings. The summed E-state index contributed by atoms with van der Waals surface area (Å²) < 4.78 is 5.01. The van der Waals surface area contributed by atoms with Crippen molar-refractivity contribution in [2.45, 2.75) is 25.3 Å². The van der Waals surface area contributed by atoms with Crippen LogP contribution in [0.3, 0.4) is 0 Å². The summed E-state index contributed by atoms with van der Waals surface area (Å²) in [7, 11) is 5.51. The summed E-state index contributed by atoms with van der Waals surface area (Å²) in [4.78, 5) is 17.3. The number of hydrogen-bond acceptors (Lipinski definition) is 3. The van der Waals surface area contributed by atoms with E-state index in [1.807, 2.05) is 32.6 Å². The highest BCUT2D eigenvalue weighted by molar-refractivity contribution is 5.79. The molecule has 1 N–H and O–H groups in total. The van der Waals surface area contributed by atoms with Crippen molar-refractivity contribution in [3.8, 4) is 0 Å². The van der Waals surface area contributed by atoms with Crippen LogP contribution in [-0.2, 0) is 9.53 Å². The number of methoxy groups -OCH3 is 1. The lowest BCUT2D eigenvalue weighted by Crippen LogP contribution is -2.48. The lowest BCUT2D eigenvalue weighted by atomic mass is 9.62. The van der Waals surface area contributed by atoms with Crippen LogP contribution in [-0.4, -0.2) is 37.1 Å². The number of aromatic nitrogens is 1. The number of hydrogen-bond donors (Lipinski definition) is 1. The van der Waals surface area contributed by atoms with E-state index in [1.54, 1.807) is 0 Å². The van der Waals surface area contributed by atoms with Crippen molar-refractivity contribution in [2.75, 3.05) is 21.2 Å². The minimum absolute atomic E-state index is 0.0800. The number of esters is 1. The maximum absolute atomic E-state index is 12.1. The molecule has 1 unspecified atom stereocenters. The van der Waals surface area contributed by atoms with Crippen LogP contribution < -0.4 is 0 Å². The molecule has 1 heterocycles. The molecule has 1 aromatic rings. The van der Waals surface area contributed by atoms with E-state index < -0.39 is 0 Å². The summed E-state index contributed by atoms with van der Waals surface area (Å²) >= 11 is 0. The van der Waals surface area contributed by atoms with Crippen molar-refractivity contribution in [3.05, 3.63) is 24.0 Å². The second kappa shape index (κ2) is 4.53. The summed E-state index contributed by atoms with van der Waals surface area (Å²) in [5.41, 5.74) is 0.792. The minimum Gasteiger partial charge on any atom is -0.469 e. The monoisotopic (exact) mass is 236 g/mol. The first kappa shape index (κ1) is 12.2. The van der Waals surface area contributed by atoms with Crippen LogP contribution in [0.15, 0.2) is 18.5 Å². The molecule has 0 amide bonds. The van der Waals surface area contributed by atoms with Crippen LogP contribution in [0.25, 0.3) is 0 Å². The van der Waals surface area contributed by atoms with Gasteiger partial charge in [-0.25, -0.2) is 0 Å². The van der Waals surface area contributed by atoms with Gasteiger partial charge in [-0.3, -0.25) is 4.79 Å². The van der Waals surface area contributed by atoms with Gasteiger partial charge in [0.05, 0.1) is 18.6 Å². The zero-order valence-corrected chi connectivity index (χ0v) is 10.7. The van der Waals surface area contributed by atoms with Gasteiger partial charge in [-0.15, -0.1) is 0 Å². The average molecular weight is 236 g/mol. The van der Waals surface area contributed by atoms with Gasteiger partial charge in [0.25, 0.3) is 0 Å². The molecule has 4 heteroatoms. The number of carbonyl (C=O) groups is 1. The molecule has 4 nitrogen and oxygen atoms in total. The van der Waals surface area contributed by atoms with E-state index in [0.29, 0.717) is 0 Å². The Labute approximate surface area is 102 Å². The van der Waals surface area contributed by atoms with Gasteiger partial charge in [-0.2, -0.15) is 0 Å². The largest absolute Gasteiger partial charge is 0.469 e. The van der Waals surface area contributed by atoms with Crippen molar-refractivity contribution >= 4 is 5.97 Å². The SMILES string of the molecule is COC(=O)C1(C(c2cc[nH]c2)N(C)C)CCC1. The topological polar surface area (TPSA) is 45.3 Å². The van der Waals surface area contributed by atoms with Crippen molar-refractivity contribution < 1.29 is 9.53 Å². The zero-order chi connectivity index (χ0) is 12.5. The van der Waals surface area contributed by atoms with Crippen molar-refractivity contribution in [1.82, 2.24) is 9.88 Å². The molecule has 1 atom stereocenters. The number of rotatable bonds is 4. The Morgan fingerprint density at radius 2 is 2.24 bits per heavy atom. The Balaban J connectivity index is 2.35. The van der Waals surface area contributed by atoms with E-state index in [0.717, 1.165) is 24.8 Å². The highest BCUT2D eigenvalue weighted by atomic mass is 16.5. The van der Waals surface area contributed by atoms with Crippen molar-refractivity contribution in [3.63, 3.8) is 0 Å². The molecule has 17 heavy (non-hydrogen) atoms. The number of nitrogens with one attached hydrogen (secondary N) is 1. The number of ether oxygens (including phenoxy) is 1. The van der Waals surface area contributed by atoms with Crippen molar-refractivity contribution in [2.24, 2.45) is 5.41 Å². The van der Waals surface area contributed by atoms with Crippen LogP contribution in [0.4, 0.5) is 0 Å². The Bertz CT molecular complexity index is 380. The predicted molar refractivity (Wildman–Crippen MR) is 65.5 cm³/mol. The van der Waals surface area contributed by atoms with Gasteiger partial charge in [0.15, 0.2) is 0 Å². The first-order valence-electron chi connectivity index (χ1n) is 5.99. The maximum atomic E-state index is 12.1. The van der Waals surface area contributed by atoms with Gasteiger partial charge in [-0.05, 0) is 38.6 Å². The molecular weight excluding hydrogens is 216 g/mol. The Morgan fingerprint density at radius 3 is 2.59 bits per heavy atom. The normalized spacial score (nSPS) is 19.8. The average Bonchev–Trinajstić information content (AvgIpc) is 2.74. The Hall–Kier alpha value is -1.29. The standard InChI is InChI=1S/C13H20N2O2/c1-15(2)11(10-5-8-14-9-10)13(6-4-7-13)12(16)17-3/h5,8-9,11,14H,4,6-7H2,1-3H3. The quantitative estimate of drug-likeness (QED) is 0.813. The molecule has 0 aromatic carbocycles. The Morgan fingerprint density at radius 1 is 1.53 bits per heavy atom. The third-order valence-corrected chi connectivity index (χ3v) is 3.82. The van der Waals surface area contributed by atoms with E-state index in [1.165, 1.54) is 7.11 Å². The van der Waals surface area contributed by atoms with Crippen LogP contribution in [0.1, 0.15) is 30.9 Å². The van der Waals surface area contributed by atoms with E-state index >= 15 is 0 Å². The highest BCUT2D eigenvalue weighted by Gasteiger charge is 2.52. The molecule has 0 radical (unpaired) electrons. The first-order valence-corrected chi connectivity index (χ1v) is 5.99. The lowest BCUT2D eigenvalue weighted by molar-refractivity contribution is -0.165. The van der Waals surface area contributed by atoms with E-state index in [2.05, 4.69) is 9.88 Å². The number of H-pyrrole nitrogens is 1. The van der Waals surface area contributed by atoms with Crippen LogP contribution >= 0.6 is 0 Å². The molecule has 1 aliphatic carbocycles. The summed E-state index contributed by atoms with van der Waals surface area (Å²) in [6.07, 6.45) is 6.79. The summed E-state index contributed by atoms with van der Waals surface area (Å²) in [5, 5.41) is 0. The molecule has 1 saturated carbocycles. The fraction of sp³-hybridized carbons (Fsp3) is 0.615. The molecule has 2 rings (SSSR count). The van der Waals surface area contributed by atoms with Crippen molar-refractivity contribution in [1.29, 1.82) is 0 Å². The highest BCUT2D eigenvalue weighted by Crippen LogP contribution is 2.52. The van der Waals surface area contributed by atoms with Gasteiger partial charge in [0.1, 0.15) is 0 Å². The molecule has 94 valence electrons. The molecule has 0 bridgehead atoms. The van der Waals surface area contributed by atoms with E-state index in [-0.39, 0.29) is 17.4 Å². The molecule has 0 spiro atoms. The van der Waals surface area contributed by atoms with Gasteiger partial charge in [-0.1, -0.05) is 6.42 Å². The molecule has 1 aromatic heterocycles. The molecule has 0 saturated heterocycles. The van der Waals surface area contributed by atoms with E-state index in [4.69, 9.17) is 4.74 Å². The van der Waals surface area contributed by atoms with Crippen LogP contribution in [0, 0.1) is 5.41 Å². The summed E-state index contributed by atoms with van der Waals surface area (Å²) in [6, 6.07) is 2.13. The van der Waals surface area contributed by atoms with E-state index in [9.17, 15) is 4.79 Å². The summed E-state index contributed by atoms with van der Waals surface area (Å²) in [6.45, 7) is 0. The maximum Gasteiger partial charge on any atom is 0.313 e. The Kier molecular flexibility index (Phi) is 3.24. The first-order chi connectivity index (χ1) is 8.12. The molecular formula is C13H20N2O2. The lowest BCUT2D eigenvalue weighted by Gasteiger charge is -2.47. The van der Waals surface area contributed by atoms with Gasteiger partial charge in [0, 0.05) is 12.4 Å². The second-order valence-corrected chi connectivity index (χ2v) is 5.01. The van der Waals surface area contributed by atoms with Crippen LogP contribution in [0.5, 0.6) is 0 Å². The third kappa shape index (κ3) is 1.86. The summed E-state index contributed by atoms with van der Waals surface area (Å²) in [5.74, 6) is -0.0800. The third-order valence-electron chi connectivity index (χ3n) is 3.82. The smallest absolute Gasteiger partial charge is 0.313 e. The fourth-order valence-electron chi connectivity index (χ4n) is 2.97. The van der Waals surface area contributed by atoms with Gasteiger partial charge < -0.3 is 14.6 Å². The van der Waals surface area contributed by atoms with Gasteiger partial charge >= 0.3 is 5.97 Å². The predicted octanol–water partition coefficient (Wildman–Crippen LogP) is 1.96. The number of carbonyl (C=O) groups excluding carboxylic acids is 1.